The van der Waals surface area contributed by atoms with Gasteiger partial charge in [0, 0.05) is 25.2 Å². The number of phenols is 1. The second-order valence-electron chi connectivity index (χ2n) is 4.56. The van der Waals surface area contributed by atoms with Crippen molar-refractivity contribution in [3.05, 3.63) is 29.8 Å². The van der Waals surface area contributed by atoms with Crippen LogP contribution in [0.4, 0.5) is 0 Å². The molecule has 1 fully saturated rings. The highest BCUT2D eigenvalue weighted by atomic mass is 16.5. The molecule has 1 aliphatic heterocycles. The lowest BCUT2D eigenvalue weighted by Gasteiger charge is -2.36. The molecule has 1 aliphatic rings. The summed E-state index contributed by atoms with van der Waals surface area (Å²) in [6.07, 6.45) is -0.136. The van der Waals surface area contributed by atoms with Crippen molar-refractivity contribution in [3.8, 4) is 5.75 Å². The average Bonchev–Trinajstić information content (AvgIpc) is 2.37. The van der Waals surface area contributed by atoms with Crippen molar-refractivity contribution in [1.29, 1.82) is 0 Å². The molecule has 1 amide bonds. The minimum Gasteiger partial charge on any atom is -0.508 e. The van der Waals surface area contributed by atoms with Crippen molar-refractivity contribution in [1.82, 2.24) is 4.90 Å². The first kappa shape index (κ1) is 12.9. The van der Waals surface area contributed by atoms with E-state index in [1.165, 1.54) is 6.07 Å². The van der Waals surface area contributed by atoms with Crippen LogP contribution in [0.5, 0.6) is 5.75 Å². The first-order chi connectivity index (χ1) is 8.60. The van der Waals surface area contributed by atoms with E-state index in [-0.39, 0.29) is 23.9 Å². The van der Waals surface area contributed by atoms with Gasteiger partial charge in [-0.1, -0.05) is 6.07 Å². The molecular weight excluding hydrogens is 232 g/mol. The van der Waals surface area contributed by atoms with E-state index in [9.17, 15) is 9.90 Å². The number of hydrogen-bond donors (Lipinski definition) is 2. The summed E-state index contributed by atoms with van der Waals surface area (Å²) in [5, 5.41) is 9.40. The highest BCUT2D eigenvalue weighted by molar-refractivity contribution is 5.94. The molecule has 0 aliphatic carbocycles. The lowest BCUT2D eigenvalue weighted by Crippen LogP contribution is -2.51. The van der Waals surface area contributed by atoms with Crippen LogP contribution in [0.2, 0.25) is 0 Å². The molecular formula is C13H18N2O3. The molecule has 2 rings (SSSR count). The Bertz CT molecular complexity index is 436. The third kappa shape index (κ3) is 2.80. The van der Waals surface area contributed by atoms with E-state index in [2.05, 4.69) is 0 Å². The predicted molar refractivity (Wildman–Crippen MR) is 67.4 cm³/mol. The van der Waals surface area contributed by atoms with Crippen LogP contribution in [0.15, 0.2) is 24.3 Å². The van der Waals surface area contributed by atoms with Gasteiger partial charge in [-0.05, 0) is 25.1 Å². The number of rotatable bonds is 2. The van der Waals surface area contributed by atoms with Gasteiger partial charge >= 0.3 is 0 Å². The predicted octanol–water partition coefficient (Wildman–Crippen LogP) is 0.580. The molecule has 18 heavy (non-hydrogen) atoms. The summed E-state index contributed by atoms with van der Waals surface area (Å²) in [7, 11) is 0. The molecule has 0 bridgehead atoms. The summed E-state index contributed by atoms with van der Waals surface area (Å²) in [6, 6.07) is 6.37. The molecule has 0 spiro atoms. The van der Waals surface area contributed by atoms with Gasteiger partial charge in [-0.2, -0.15) is 0 Å². The van der Waals surface area contributed by atoms with Crippen LogP contribution in [0, 0.1) is 0 Å². The Kier molecular flexibility index (Phi) is 3.84. The van der Waals surface area contributed by atoms with E-state index < -0.39 is 0 Å². The van der Waals surface area contributed by atoms with Crippen LogP contribution < -0.4 is 5.73 Å². The highest BCUT2D eigenvalue weighted by Crippen LogP contribution is 2.17. The van der Waals surface area contributed by atoms with Gasteiger partial charge in [0.25, 0.3) is 5.91 Å². The summed E-state index contributed by atoms with van der Waals surface area (Å²) in [5.74, 6) is -0.00275. The van der Waals surface area contributed by atoms with Gasteiger partial charge in [-0.15, -0.1) is 0 Å². The average molecular weight is 250 g/mol. The van der Waals surface area contributed by atoms with Crippen LogP contribution in [-0.2, 0) is 4.74 Å². The van der Waals surface area contributed by atoms with Crippen LogP contribution in [0.25, 0.3) is 0 Å². The molecule has 5 nitrogen and oxygen atoms in total. The number of nitrogens with zero attached hydrogens (tertiary/aromatic N) is 1. The van der Waals surface area contributed by atoms with E-state index >= 15 is 0 Å². The number of benzene rings is 1. The standard InChI is InChI=1S/C13H18N2O3/c1-9-7-15(8-12(6-14)18-9)13(17)10-3-2-4-11(16)5-10/h2-5,9,12,16H,6-8,14H2,1H3. The fourth-order valence-corrected chi connectivity index (χ4v) is 2.16. The minimum absolute atomic E-state index is 0.0199. The van der Waals surface area contributed by atoms with E-state index in [0.29, 0.717) is 25.2 Å². The van der Waals surface area contributed by atoms with Crippen molar-refractivity contribution in [2.75, 3.05) is 19.6 Å². The lowest BCUT2D eigenvalue weighted by molar-refractivity contribution is -0.0625. The molecule has 1 aromatic rings. The maximum absolute atomic E-state index is 12.3. The van der Waals surface area contributed by atoms with Crippen molar-refractivity contribution >= 4 is 5.91 Å². The fourth-order valence-electron chi connectivity index (χ4n) is 2.16. The Morgan fingerprint density at radius 1 is 1.56 bits per heavy atom. The quantitative estimate of drug-likeness (QED) is 0.805. The zero-order chi connectivity index (χ0) is 13.1. The SMILES string of the molecule is CC1CN(C(=O)c2cccc(O)c2)CC(CN)O1. The van der Waals surface area contributed by atoms with Crippen LogP contribution in [-0.4, -0.2) is 47.8 Å². The van der Waals surface area contributed by atoms with E-state index in [1.807, 2.05) is 6.92 Å². The summed E-state index contributed by atoms with van der Waals surface area (Å²) < 4.78 is 5.61. The van der Waals surface area contributed by atoms with Gasteiger partial charge in [0.05, 0.1) is 12.2 Å². The van der Waals surface area contributed by atoms with Gasteiger partial charge in [-0.25, -0.2) is 0 Å². The Balaban J connectivity index is 2.13. The minimum atomic E-state index is -0.116. The lowest BCUT2D eigenvalue weighted by atomic mass is 10.1. The molecule has 1 saturated heterocycles. The van der Waals surface area contributed by atoms with Crippen LogP contribution >= 0.6 is 0 Å². The molecule has 5 heteroatoms. The number of phenolic OH excluding ortho intramolecular Hbond substituents is 1. The second kappa shape index (κ2) is 5.37. The third-order valence-corrected chi connectivity index (χ3v) is 2.97. The number of hydrogen-bond acceptors (Lipinski definition) is 4. The zero-order valence-corrected chi connectivity index (χ0v) is 10.4. The maximum atomic E-state index is 12.3. The van der Waals surface area contributed by atoms with Crippen LogP contribution in [0.1, 0.15) is 17.3 Å². The summed E-state index contributed by atoms with van der Waals surface area (Å²) >= 11 is 0. The molecule has 1 aromatic carbocycles. The topological polar surface area (TPSA) is 75.8 Å². The summed E-state index contributed by atoms with van der Waals surface area (Å²) in [4.78, 5) is 14.0. The molecule has 0 saturated carbocycles. The molecule has 2 unspecified atom stereocenters. The normalized spacial score (nSPS) is 24.0. The first-order valence-electron chi connectivity index (χ1n) is 6.04. The Hall–Kier alpha value is -1.59. The van der Waals surface area contributed by atoms with Crippen molar-refractivity contribution in [2.24, 2.45) is 5.73 Å². The van der Waals surface area contributed by atoms with Crippen molar-refractivity contribution < 1.29 is 14.6 Å². The fraction of sp³-hybridized carbons (Fsp3) is 0.462. The highest BCUT2D eigenvalue weighted by Gasteiger charge is 2.28. The van der Waals surface area contributed by atoms with Gasteiger partial charge in [0.15, 0.2) is 0 Å². The monoisotopic (exact) mass is 250 g/mol. The number of ether oxygens (including phenoxy) is 1. The van der Waals surface area contributed by atoms with Gasteiger partial charge < -0.3 is 20.5 Å². The number of amides is 1. The molecule has 2 atom stereocenters. The first-order valence-corrected chi connectivity index (χ1v) is 6.04. The van der Waals surface area contributed by atoms with Gasteiger partial charge in [-0.3, -0.25) is 4.79 Å². The number of carbonyl (C=O) groups excluding carboxylic acids is 1. The van der Waals surface area contributed by atoms with Crippen molar-refractivity contribution in [3.63, 3.8) is 0 Å². The smallest absolute Gasteiger partial charge is 0.254 e. The maximum Gasteiger partial charge on any atom is 0.254 e. The Morgan fingerprint density at radius 3 is 3.00 bits per heavy atom. The number of nitrogens with two attached hydrogens (primary N) is 1. The summed E-state index contributed by atoms with van der Waals surface area (Å²) in [6.45, 7) is 3.36. The third-order valence-electron chi connectivity index (χ3n) is 2.97. The Labute approximate surface area is 106 Å². The largest absolute Gasteiger partial charge is 0.508 e. The van der Waals surface area contributed by atoms with E-state index in [4.69, 9.17) is 10.5 Å². The van der Waals surface area contributed by atoms with Crippen LogP contribution in [0.3, 0.4) is 0 Å². The second-order valence-corrected chi connectivity index (χ2v) is 4.56. The molecule has 1 heterocycles. The number of carbonyl (C=O) groups is 1. The molecule has 0 radical (unpaired) electrons. The molecule has 0 aromatic heterocycles. The molecule has 3 N–H and O–H groups in total. The van der Waals surface area contributed by atoms with E-state index in [0.717, 1.165) is 0 Å². The number of morpholine rings is 1. The molecule has 98 valence electrons. The zero-order valence-electron chi connectivity index (χ0n) is 10.4. The number of aromatic hydroxyl groups is 1. The van der Waals surface area contributed by atoms with Gasteiger partial charge in [0.1, 0.15) is 5.75 Å². The summed E-state index contributed by atoms with van der Waals surface area (Å²) in [5.41, 5.74) is 6.07. The van der Waals surface area contributed by atoms with Crippen molar-refractivity contribution in [2.45, 2.75) is 19.1 Å². The van der Waals surface area contributed by atoms with E-state index in [1.54, 1.807) is 23.1 Å². The van der Waals surface area contributed by atoms with Gasteiger partial charge in [0.2, 0.25) is 0 Å². The Morgan fingerprint density at radius 2 is 2.33 bits per heavy atom.